The molecule has 2 amide bonds. The lowest BCUT2D eigenvalue weighted by Gasteiger charge is -2.13. The molecule has 0 unspecified atom stereocenters. The van der Waals surface area contributed by atoms with Crippen molar-refractivity contribution in [1.29, 1.82) is 0 Å². The maximum absolute atomic E-state index is 12.9. The number of carbonyl (C=O) groups is 2. The minimum Gasteiger partial charge on any atom is -0.325 e. The first-order chi connectivity index (χ1) is 16.7. The maximum atomic E-state index is 12.9. The van der Waals surface area contributed by atoms with Crippen molar-refractivity contribution in [3.8, 4) is 0 Å². The summed E-state index contributed by atoms with van der Waals surface area (Å²) >= 11 is 0. The third kappa shape index (κ3) is 5.52. The Morgan fingerprint density at radius 2 is 1.66 bits per heavy atom. The smallest absolute Gasteiger partial charge is 0.325 e. The van der Waals surface area contributed by atoms with Gasteiger partial charge in [-0.05, 0) is 42.5 Å². The topological polar surface area (TPSA) is 106 Å². The Hall–Kier alpha value is -4.54. The third-order valence-electron chi connectivity index (χ3n) is 5.07. The fraction of sp³-hybridized carbons (Fsp3) is 0.125. The van der Waals surface area contributed by atoms with Gasteiger partial charge in [0.05, 0.1) is 28.7 Å². The second-order valence-electron chi connectivity index (χ2n) is 7.51. The fourth-order valence-corrected chi connectivity index (χ4v) is 3.35. The number of para-hydroxylation sites is 1. The summed E-state index contributed by atoms with van der Waals surface area (Å²) in [5.41, 5.74) is -0.660. The van der Waals surface area contributed by atoms with Crippen LogP contribution < -0.4 is 16.2 Å². The molecule has 2 N–H and O–H groups in total. The van der Waals surface area contributed by atoms with Crippen LogP contribution in [0.3, 0.4) is 0 Å². The lowest BCUT2D eigenvalue weighted by atomic mass is 10.1. The van der Waals surface area contributed by atoms with Gasteiger partial charge in [-0.2, -0.15) is 13.2 Å². The van der Waals surface area contributed by atoms with Gasteiger partial charge in [0.25, 0.3) is 11.5 Å². The average Bonchev–Trinajstić information content (AvgIpc) is 2.84. The summed E-state index contributed by atoms with van der Waals surface area (Å²) in [5, 5.41) is 13.2. The number of carbonyl (C=O) groups excluding carboxylic acids is 2. The van der Waals surface area contributed by atoms with E-state index in [1.807, 2.05) is 0 Å². The Balaban J connectivity index is 1.45. The van der Waals surface area contributed by atoms with Gasteiger partial charge in [0.2, 0.25) is 5.91 Å². The molecule has 0 radical (unpaired) electrons. The van der Waals surface area contributed by atoms with Gasteiger partial charge < -0.3 is 10.6 Å². The number of nitrogens with one attached hydrogen (secondary N) is 2. The molecule has 1 heterocycles. The van der Waals surface area contributed by atoms with Crippen LogP contribution in [0, 0.1) is 0 Å². The van der Waals surface area contributed by atoms with E-state index < -0.39 is 23.6 Å². The van der Waals surface area contributed by atoms with Crippen LogP contribution in [0.5, 0.6) is 0 Å². The van der Waals surface area contributed by atoms with E-state index in [-0.39, 0.29) is 35.5 Å². The van der Waals surface area contributed by atoms with E-state index in [1.165, 1.54) is 24.3 Å². The van der Waals surface area contributed by atoms with E-state index in [0.29, 0.717) is 10.9 Å². The van der Waals surface area contributed by atoms with Crippen molar-refractivity contribution in [3.63, 3.8) is 0 Å². The number of rotatable bonds is 6. The van der Waals surface area contributed by atoms with Crippen molar-refractivity contribution >= 4 is 34.1 Å². The molecular formula is C24H18F3N5O3. The summed E-state index contributed by atoms with van der Waals surface area (Å²) in [4.78, 5) is 37.7. The van der Waals surface area contributed by atoms with Crippen LogP contribution in [0.1, 0.15) is 22.3 Å². The number of alkyl halides is 3. The zero-order valence-corrected chi connectivity index (χ0v) is 18.0. The Morgan fingerprint density at radius 3 is 2.46 bits per heavy atom. The van der Waals surface area contributed by atoms with E-state index in [1.54, 1.807) is 36.4 Å². The molecular weight excluding hydrogens is 463 g/mol. The minimum atomic E-state index is -4.55. The first-order valence-electron chi connectivity index (χ1n) is 10.4. The molecule has 11 heteroatoms. The first kappa shape index (κ1) is 23.6. The molecule has 3 aromatic carbocycles. The second kappa shape index (κ2) is 9.75. The highest BCUT2D eigenvalue weighted by Crippen LogP contribution is 2.31. The highest BCUT2D eigenvalue weighted by molar-refractivity contribution is 6.10. The highest BCUT2D eigenvalue weighted by atomic mass is 19.4. The summed E-state index contributed by atoms with van der Waals surface area (Å²) in [7, 11) is 0. The number of anilines is 2. The minimum absolute atomic E-state index is 0.0406. The van der Waals surface area contributed by atoms with E-state index >= 15 is 0 Å². The molecule has 8 nitrogen and oxygen atoms in total. The molecule has 0 atom stereocenters. The largest absolute Gasteiger partial charge is 0.416 e. The molecule has 35 heavy (non-hydrogen) atoms. The summed E-state index contributed by atoms with van der Waals surface area (Å²) in [5.74, 6) is -1.19. The Morgan fingerprint density at radius 1 is 0.914 bits per heavy atom. The molecule has 0 saturated heterocycles. The van der Waals surface area contributed by atoms with Gasteiger partial charge in [-0.25, -0.2) is 4.68 Å². The van der Waals surface area contributed by atoms with E-state index in [4.69, 9.17) is 0 Å². The number of hydrogen-bond acceptors (Lipinski definition) is 5. The van der Waals surface area contributed by atoms with Crippen LogP contribution in [-0.2, 0) is 17.5 Å². The molecule has 0 spiro atoms. The normalized spacial score (nSPS) is 11.3. The number of aromatic nitrogens is 3. The van der Waals surface area contributed by atoms with Gasteiger partial charge in [0.15, 0.2) is 0 Å². The van der Waals surface area contributed by atoms with Crippen molar-refractivity contribution < 1.29 is 22.8 Å². The number of benzene rings is 3. The Bertz CT molecular complexity index is 1470. The second-order valence-corrected chi connectivity index (χ2v) is 7.51. The molecule has 1 aromatic heterocycles. The fourth-order valence-electron chi connectivity index (χ4n) is 3.35. The van der Waals surface area contributed by atoms with Gasteiger partial charge in [-0.1, -0.05) is 35.5 Å². The Kier molecular flexibility index (Phi) is 6.58. The van der Waals surface area contributed by atoms with Crippen LogP contribution in [0.2, 0.25) is 0 Å². The predicted octanol–water partition coefficient (Wildman–Crippen LogP) is 4.09. The third-order valence-corrected chi connectivity index (χ3v) is 5.07. The molecule has 0 aliphatic rings. The van der Waals surface area contributed by atoms with E-state index in [9.17, 15) is 27.6 Å². The van der Waals surface area contributed by atoms with Crippen molar-refractivity contribution in [2.45, 2.75) is 19.1 Å². The van der Waals surface area contributed by atoms with Gasteiger partial charge >= 0.3 is 6.18 Å². The van der Waals surface area contributed by atoms with Crippen molar-refractivity contribution in [1.82, 2.24) is 15.0 Å². The highest BCUT2D eigenvalue weighted by Gasteiger charge is 2.30. The lowest BCUT2D eigenvalue weighted by Crippen LogP contribution is -2.27. The number of halogens is 3. The van der Waals surface area contributed by atoms with Crippen LogP contribution in [0.25, 0.3) is 10.9 Å². The van der Waals surface area contributed by atoms with Gasteiger partial charge in [0, 0.05) is 12.1 Å². The molecule has 0 aliphatic carbocycles. The Labute approximate surface area is 196 Å². The summed E-state index contributed by atoms with van der Waals surface area (Å²) in [6.45, 7) is -0.0406. The van der Waals surface area contributed by atoms with Crippen LogP contribution in [-0.4, -0.2) is 26.8 Å². The van der Waals surface area contributed by atoms with Crippen molar-refractivity contribution in [3.05, 3.63) is 94.3 Å². The SMILES string of the molecule is O=C(CCn1nnc2ccccc2c1=O)Nc1ccccc1C(=O)Nc1cccc(C(F)(F)F)c1. The summed E-state index contributed by atoms with van der Waals surface area (Å²) < 4.78 is 39.9. The quantitative estimate of drug-likeness (QED) is 0.432. The number of amides is 2. The average molecular weight is 481 g/mol. The standard InChI is InChI=1S/C24H18F3N5O3/c25-24(26,27)15-6-5-7-16(14-15)28-22(34)17-8-1-3-10-19(17)29-21(33)12-13-32-23(35)18-9-2-4-11-20(18)30-31-32/h1-11,14H,12-13H2,(H,28,34)(H,29,33). The number of hydrogen-bond donors (Lipinski definition) is 2. The first-order valence-corrected chi connectivity index (χ1v) is 10.4. The predicted molar refractivity (Wildman–Crippen MR) is 123 cm³/mol. The van der Waals surface area contributed by atoms with E-state index in [2.05, 4.69) is 20.9 Å². The van der Waals surface area contributed by atoms with Crippen molar-refractivity contribution in [2.24, 2.45) is 0 Å². The molecule has 0 fully saturated rings. The van der Waals surface area contributed by atoms with Gasteiger partial charge in [0.1, 0.15) is 5.52 Å². The monoisotopic (exact) mass is 481 g/mol. The molecule has 0 saturated carbocycles. The molecule has 4 aromatic rings. The summed E-state index contributed by atoms with van der Waals surface area (Å²) in [6, 6.07) is 17.0. The molecule has 178 valence electrons. The zero-order valence-electron chi connectivity index (χ0n) is 18.0. The number of aryl methyl sites for hydroxylation is 1. The zero-order chi connectivity index (χ0) is 25.0. The lowest BCUT2D eigenvalue weighted by molar-refractivity contribution is -0.137. The van der Waals surface area contributed by atoms with Crippen molar-refractivity contribution in [2.75, 3.05) is 10.6 Å². The molecule has 0 aliphatic heterocycles. The maximum Gasteiger partial charge on any atom is 0.416 e. The number of nitrogens with zero attached hydrogens (tertiary/aromatic N) is 3. The van der Waals surface area contributed by atoms with Gasteiger partial charge in [-0.15, -0.1) is 5.10 Å². The van der Waals surface area contributed by atoms with Gasteiger partial charge in [-0.3, -0.25) is 14.4 Å². The van der Waals surface area contributed by atoms with Crippen LogP contribution >= 0.6 is 0 Å². The van der Waals surface area contributed by atoms with Crippen LogP contribution in [0.4, 0.5) is 24.5 Å². The molecule has 4 rings (SSSR count). The number of fused-ring (bicyclic) bond motifs is 1. The van der Waals surface area contributed by atoms with Crippen LogP contribution in [0.15, 0.2) is 77.6 Å². The molecule has 0 bridgehead atoms. The van der Waals surface area contributed by atoms with E-state index in [0.717, 1.165) is 16.8 Å². The summed E-state index contributed by atoms with van der Waals surface area (Å²) in [6.07, 6.45) is -4.68.